The number of hydrogen-bond acceptors (Lipinski definition) is 3. The van der Waals surface area contributed by atoms with Crippen molar-refractivity contribution in [3.05, 3.63) is 64.9 Å². The highest BCUT2D eigenvalue weighted by atomic mass is 32.1. The predicted molar refractivity (Wildman–Crippen MR) is 86.1 cm³/mol. The molecule has 0 saturated carbocycles. The average molecular weight is 313 g/mol. The molecule has 0 saturated heterocycles. The van der Waals surface area contributed by atoms with Crippen LogP contribution < -0.4 is 0 Å². The fourth-order valence-electron chi connectivity index (χ4n) is 2.14. The zero-order valence-corrected chi connectivity index (χ0v) is 12.3. The van der Waals surface area contributed by atoms with E-state index in [0.29, 0.717) is 16.1 Å². The summed E-state index contributed by atoms with van der Waals surface area (Å²) in [5.41, 5.74) is 1.67. The van der Waals surface area contributed by atoms with Gasteiger partial charge in [-0.1, -0.05) is 30.3 Å². The highest BCUT2D eigenvalue weighted by Crippen LogP contribution is 2.30. The molecule has 1 heterocycles. The fraction of sp³-hybridized carbons (Fsp3) is 0.0588. The third-order valence-electron chi connectivity index (χ3n) is 3.15. The van der Waals surface area contributed by atoms with Crippen molar-refractivity contribution in [3.63, 3.8) is 0 Å². The van der Waals surface area contributed by atoms with Gasteiger partial charge in [-0.3, -0.25) is 4.79 Å². The van der Waals surface area contributed by atoms with Gasteiger partial charge in [0.2, 0.25) is 0 Å². The summed E-state index contributed by atoms with van der Waals surface area (Å²) < 4.78 is 14.8. The van der Waals surface area contributed by atoms with Crippen LogP contribution in [-0.4, -0.2) is 16.1 Å². The first-order valence-corrected chi connectivity index (χ1v) is 7.48. The minimum atomic E-state index is -0.971. The van der Waals surface area contributed by atoms with E-state index < -0.39 is 5.97 Å². The maximum Gasteiger partial charge on any atom is 0.307 e. The Kier molecular flexibility index (Phi) is 3.98. The molecule has 0 fully saturated rings. The first-order chi connectivity index (χ1) is 10.6. The number of nitrogens with zero attached hydrogens (tertiary/aromatic N) is 1. The van der Waals surface area contributed by atoms with Crippen molar-refractivity contribution in [3.8, 4) is 0 Å². The Morgan fingerprint density at radius 3 is 2.64 bits per heavy atom. The second-order valence-corrected chi connectivity index (χ2v) is 5.78. The first kappa shape index (κ1) is 14.4. The number of carboxylic acid groups (broad SMARTS) is 1. The topological polar surface area (TPSA) is 50.2 Å². The third-order valence-corrected chi connectivity index (χ3v) is 4.26. The van der Waals surface area contributed by atoms with E-state index in [1.54, 1.807) is 24.3 Å². The lowest BCUT2D eigenvalue weighted by molar-refractivity contribution is -0.135. The van der Waals surface area contributed by atoms with Gasteiger partial charge in [0.15, 0.2) is 0 Å². The minimum absolute atomic E-state index is 0.200. The molecule has 22 heavy (non-hydrogen) atoms. The van der Waals surface area contributed by atoms with Crippen LogP contribution in [0.25, 0.3) is 21.9 Å². The second-order valence-electron chi connectivity index (χ2n) is 4.75. The van der Waals surface area contributed by atoms with Crippen molar-refractivity contribution in [2.45, 2.75) is 6.42 Å². The summed E-state index contributed by atoms with van der Waals surface area (Å²) in [6, 6.07) is 13.9. The molecule has 3 nitrogen and oxygen atoms in total. The Balaban J connectivity index is 2.10. The second kappa shape index (κ2) is 6.07. The molecule has 0 spiro atoms. The molecule has 3 aromatic rings. The van der Waals surface area contributed by atoms with Crippen LogP contribution in [0.5, 0.6) is 0 Å². The summed E-state index contributed by atoms with van der Waals surface area (Å²) in [6.45, 7) is 0. The summed E-state index contributed by atoms with van der Waals surface area (Å²) in [6.07, 6.45) is 1.36. The molecule has 0 bridgehead atoms. The van der Waals surface area contributed by atoms with Crippen LogP contribution in [0.2, 0.25) is 0 Å². The SMILES string of the molecule is O=C(O)C/C(=C\c1ccccc1F)c1nc2ccccc2s1. The van der Waals surface area contributed by atoms with Gasteiger partial charge >= 0.3 is 5.97 Å². The Bertz CT molecular complexity index is 837. The van der Waals surface area contributed by atoms with Crippen molar-refractivity contribution < 1.29 is 14.3 Å². The van der Waals surface area contributed by atoms with Crippen molar-refractivity contribution in [2.24, 2.45) is 0 Å². The number of carbonyl (C=O) groups is 1. The molecule has 0 atom stereocenters. The lowest BCUT2D eigenvalue weighted by Gasteiger charge is -2.02. The normalized spacial score (nSPS) is 11.8. The Hall–Kier alpha value is -2.53. The number of rotatable bonds is 4. The maximum atomic E-state index is 13.8. The van der Waals surface area contributed by atoms with Crippen LogP contribution in [0, 0.1) is 5.82 Å². The van der Waals surface area contributed by atoms with Crippen LogP contribution in [0.1, 0.15) is 17.0 Å². The van der Waals surface area contributed by atoms with Gasteiger partial charge in [0.1, 0.15) is 10.8 Å². The van der Waals surface area contributed by atoms with Crippen LogP contribution in [-0.2, 0) is 4.79 Å². The molecule has 5 heteroatoms. The van der Waals surface area contributed by atoms with E-state index in [1.807, 2.05) is 24.3 Å². The summed E-state index contributed by atoms with van der Waals surface area (Å²) >= 11 is 1.41. The highest BCUT2D eigenvalue weighted by Gasteiger charge is 2.13. The van der Waals surface area contributed by atoms with Crippen molar-refractivity contribution in [1.82, 2.24) is 4.98 Å². The van der Waals surface area contributed by atoms with Gasteiger partial charge in [-0.05, 0) is 29.8 Å². The molecule has 110 valence electrons. The quantitative estimate of drug-likeness (QED) is 0.774. The van der Waals surface area contributed by atoms with Crippen LogP contribution >= 0.6 is 11.3 Å². The van der Waals surface area contributed by atoms with Gasteiger partial charge in [0, 0.05) is 5.56 Å². The first-order valence-electron chi connectivity index (χ1n) is 6.66. The molecule has 0 aliphatic rings. The van der Waals surface area contributed by atoms with Crippen LogP contribution in [0.4, 0.5) is 4.39 Å². The number of halogens is 1. The smallest absolute Gasteiger partial charge is 0.307 e. The molecule has 3 rings (SSSR count). The molecule has 1 N–H and O–H groups in total. The summed E-state index contributed by atoms with van der Waals surface area (Å²) in [7, 11) is 0. The number of thiazole rings is 1. The summed E-state index contributed by atoms with van der Waals surface area (Å²) in [4.78, 5) is 15.6. The van der Waals surface area contributed by atoms with Crippen LogP contribution in [0.3, 0.4) is 0 Å². The van der Waals surface area contributed by atoms with Crippen molar-refractivity contribution in [1.29, 1.82) is 0 Å². The number of benzene rings is 2. The Morgan fingerprint density at radius 2 is 1.91 bits per heavy atom. The van der Waals surface area contributed by atoms with E-state index in [9.17, 15) is 9.18 Å². The largest absolute Gasteiger partial charge is 0.481 e. The molecule has 2 aromatic carbocycles. The number of fused-ring (bicyclic) bond motifs is 1. The Morgan fingerprint density at radius 1 is 1.18 bits per heavy atom. The monoisotopic (exact) mass is 313 g/mol. The average Bonchev–Trinajstić information content (AvgIpc) is 2.92. The zero-order chi connectivity index (χ0) is 15.5. The van der Waals surface area contributed by atoms with Gasteiger partial charge in [0.25, 0.3) is 0 Å². The van der Waals surface area contributed by atoms with Crippen molar-refractivity contribution >= 4 is 39.2 Å². The maximum absolute atomic E-state index is 13.8. The van der Waals surface area contributed by atoms with E-state index in [-0.39, 0.29) is 12.2 Å². The van der Waals surface area contributed by atoms with Gasteiger partial charge in [-0.2, -0.15) is 0 Å². The van der Waals surface area contributed by atoms with E-state index in [0.717, 1.165) is 10.2 Å². The van der Waals surface area contributed by atoms with Crippen LogP contribution in [0.15, 0.2) is 48.5 Å². The number of aliphatic carboxylic acids is 1. The molecule has 0 amide bonds. The minimum Gasteiger partial charge on any atom is -0.481 e. The van der Waals surface area contributed by atoms with E-state index in [1.165, 1.54) is 17.4 Å². The fourth-order valence-corrected chi connectivity index (χ4v) is 3.12. The third kappa shape index (κ3) is 3.04. The highest BCUT2D eigenvalue weighted by molar-refractivity contribution is 7.19. The van der Waals surface area contributed by atoms with Gasteiger partial charge in [-0.15, -0.1) is 11.3 Å². The number of para-hydroxylation sites is 1. The van der Waals surface area contributed by atoms with E-state index in [2.05, 4.69) is 4.98 Å². The Labute approximate surface area is 130 Å². The van der Waals surface area contributed by atoms with E-state index >= 15 is 0 Å². The molecule has 0 aliphatic heterocycles. The summed E-state index contributed by atoms with van der Waals surface area (Å²) in [5, 5.41) is 9.71. The van der Waals surface area contributed by atoms with Gasteiger partial charge < -0.3 is 5.11 Å². The molecule has 0 unspecified atom stereocenters. The zero-order valence-electron chi connectivity index (χ0n) is 11.5. The van der Waals surface area contributed by atoms with Crippen molar-refractivity contribution in [2.75, 3.05) is 0 Å². The molecule has 1 aromatic heterocycles. The molecular weight excluding hydrogens is 301 g/mol. The summed E-state index contributed by atoms with van der Waals surface area (Å²) in [5.74, 6) is -1.35. The number of carboxylic acids is 1. The van der Waals surface area contributed by atoms with Gasteiger partial charge in [-0.25, -0.2) is 9.37 Å². The van der Waals surface area contributed by atoms with E-state index in [4.69, 9.17) is 5.11 Å². The van der Waals surface area contributed by atoms with Gasteiger partial charge in [0.05, 0.1) is 16.6 Å². The molecular formula is C17H12FNO2S. The number of aromatic nitrogens is 1. The predicted octanol–water partition coefficient (Wildman–Crippen LogP) is 4.45. The standard InChI is InChI=1S/C17H12FNO2S/c18-13-6-2-1-5-11(13)9-12(10-16(20)21)17-19-14-7-3-4-8-15(14)22-17/h1-9H,10H2,(H,20,21)/b12-9+. The number of hydrogen-bond donors (Lipinski definition) is 1. The lowest BCUT2D eigenvalue weighted by Crippen LogP contribution is -1.97. The molecule has 0 radical (unpaired) electrons. The lowest BCUT2D eigenvalue weighted by atomic mass is 10.1. The molecule has 0 aliphatic carbocycles.